The maximum Gasteiger partial charge on any atom is 0.453 e. The van der Waals surface area contributed by atoms with Gasteiger partial charge in [0.25, 0.3) is 0 Å². The second kappa shape index (κ2) is 8.53. The average Bonchev–Trinajstić information content (AvgIpc) is 2.28. The quantitative estimate of drug-likeness (QED) is 0.325. The first-order valence-corrected chi connectivity index (χ1v) is 8.51. The molecule has 0 saturated heterocycles. The van der Waals surface area contributed by atoms with E-state index in [1.54, 1.807) is 20.8 Å². The molecule has 0 N–H and O–H groups in total. The van der Waals surface area contributed by atoms with E-state index in [1.165, 1.54) is 11.8 Å². The number of unbranched alkanes of at least 4 members (excludes halogenated alkanes) is 1. The van der Waals surface area contributed by atoms with Crippen LogP contribution in [-0.4, -0.2) is 34.7 Å². The maximum atomic E-state index is 12.8. The van der Waals surface area contributed by atoms with Gasteiger partial charge in [0.1, 0.15) is 10.9 Å². The molecule has 0 heterocycles. The number of carbonyl (C=O) groups excluding carboxylic acids is 1. The van der Waals surface area contributed by atoms with Crippen molar-refractivity contribution in [2.45, 2.75) is 76.8 Å². The molecule has 0 amide bonds. The molecule has 1 unspecified atom stereocenters. The highest BCUT2D eigenvalue weighted by Gasteiger charge is 2.56. The lowest BCUT2D eigenvalue weighted by atomic mass is 10.1. The molecule has 0 spiro atoms. The first-order valence-electron chi connectivity index (χ1n) is 7.46. The molecule has 23 heavy (non-hydrogen) atoms. The lowest BCUT2D eigenvalue weighted by molar-refractivity contribution is -0.284. The van der Waals surface area contributed by atoms with E-state index in [1.807, 2.05) is 13.8 Å². The van der Waals surface area contributed by atoms with Crippen molar-refractivity contribution in [3.05, 3.63) is 0 Å². The Bertz CT molecular complexity index is 375. The first kappa shape index (κ1) is 22.5. The van der Waals surface area contributed by atoms with Gasteiger partial charge in [-0.2, -0.15) is 22.0 Å². The Labute approximate surface area is 138 Å². The summed E-state index contributed by atoms with van der Waals surface area (Å²) in [5.41, 5.74) is -0.625. The van der Waals surface area contributed by atoms with Crippen LogP contribution in [0, 0.1) is 5.92 Å². The van der Waals surface area contributed by atoms with Gasteiger partial charge in [-0.1, -0.05) is 13.8 Å². The highest BCUT2D eigenvalue weighted by atomic mass is 32.2. The van der Waals surface area contributed by atoms with E-state index in [0.29, 0.717) is 5.75 Å². The van der Waals surface area contributed by atoms with Crippen LogP contribution in [0.1, 0.15) is 53.9 Å². The van der Waals surface area contributed by atoms with Crippen LogP contribution in [-0.2, 0) is 9.53 Å². The number of hydrogen-bond acceptors (Lipinski definition) is 3. The Morgan fingerprint density at radius 2 is 1.57 bits per heavy atom. The monoisotopic (exact) mass is 364 g/mol. The zero-order valence-corrected chi connectivity index (χ0v) is 14.9. The molecule has 0 bridgehead atoms. The van der Waals surface area contributed by atoms with Crippen LogP contribution >= 0.6 is 11.8 Å². The highest BCUT2D eigenvalue weighted by Crippen LogP contribution is 2.39. The van der Waals surface area contributed by atoms with Crippen molar-refractivity contribution in [2.24, 2.45) is 5.92 Å². The molecular formula is C15H25F5O2S. The van der Waals surface area contributed by atoms with Gasteiger partial charge in [-0.25, -0.2) is 0 Å². The van der Waals surface area contributed by atoms with Crippen molar-refractivity contribution in [2.75, 3.05) is 5.75 Å². The summed E-state index contributed by atoms with van der Waals surface area (Å²) in [5, 5.41) is -0.461. The van der Waals surface area contributed by atoms with Crippen LogP contribution in [0.4, 0.5) is 22.0 Å². The number of hydrogen-bond donors (Lipinski definition) is 0. The SMILES string of the molecule is CC(C)C(SCCCCC(F)(F)C(F)(F)F)C(=O)OC(C)(C)C. The maximum absolute atomic E-state index is 12.8. The lowest BCUT2D eigenvalue weighted by Crippen LogP contribution is -2.36. The van der Waals surface area contributed by atoms with Crippen molar-refractivity contribution < 1.29 is 31.5 Å². The third kappa shape index (κ3) is 8.77. The van der Waals surface area contributed by atoms with E-state index in [9.17, 15) is 26.7 Å². The van der Waals surface area contributed by atoms with Crippen LogP contribution in [0.5, 0.6) is 0 Å². The van der Waals surface area contributed by atoms with Crippen molar-refractivity contribution in [1.29, 1.82) is 0 Å². The molecule has 0 aliphatic carbocycles. The molecule has 0 aliphatic rings. The molecule has 8 heteroatoms. The molecule has 0 aromatic heterocycles. The van der Waals surface area contributed by atoms with Gasteiger partial charge < -0.3 is 4.74 Å². The summed E-state index contributed by atoms with van der Waals surface area (Å²) >= 11 is 1.24. The number of thioether (sulfide) groups is 1. The van der Waals surface area contributed by atoms with Crippen molar-refractivity contribution >= 4 is 17.7 Å². The van der Waals surface area contributed by atoms with Crippen LogP contribution in [0.15, 0.2) is 0 Å². The molecule has 1 atom stereocenters. The second-order valence-corrected chi connectivity index (χ2v) is 7.98. The average molecular weight is 364 g/mol. The predicted molar refractivity (Wildman–Crippen MR) is 81.8 cm³/mol. The number of esters is 1. The predicted octanol–water partition coefficient (Wildman–Crippen LogP) is 5.45. The summed E-state index contributed by atoms with van der Waals surface area (Å²) in [6, 6.07) is 0. The lowest BCUT2D eigenvalue weighted by Gasteiger charge is -2.25. The third-order valence-corrected chi connectivity index (χ3v) is 4.46. The molecule has 0 aromatic rings. The third-order valence-electron chi connectivity index (χ3n) is 2.84. The molecule has 0 rings (SSSR count). The summed E-state index contributed by atoms with van der Waals surface area (Å²) in [4.78, 5) is 12.0. The van der Waals surface area contributed by atoms with Gasteiger partial charge in [0.2, 0.25) is 0 Å². The highest BCUT2D eigenvalue weighted by molar-refractivity contribution is 8.00. The summed E-state index contributed by atoms with van der Waals surface area (Å²) < 4.78 is 66.9. The van der Waals surface area contributed by atoms with Crippen LogP contribution in [0.25, 0.3) is 0 Å². The van der Waals surface area contributed by atoms with Crippen molar-refractivity contribution in [3.8, 4) is 0 Å². The van der Waals surface area contributed by atoms with Crippen LogP contribution < -0.4 is 0 Å². The van der Waals surface area contributed by atoms with Gasteiger partial charge >= 0.3 is 18.1 Å². The van der Waals surface area contributed by atoms with Crippen LogP contribution in [0.3, 0.4) is 0 Å². The molecule has 2 nitrogen and oxygen atoms in total. The Balaban J connectivity index is 4.29. The van der Waals surface area contributed by atoms with E-state index in [0.717, 1.165) is 0 Å². The van der Waals surface area contributed by atoms with Gasteiger partial charge in [0, 0.05) is 6.42 Å². The Kier molecular flexibility index (Phi) is 8.34. The Morgan fingerprint density at radius 1 is 1.04 bits per heavy atom. The number of rotatable bonds is 8. The summed E-state index contributed by atoms with van der Waals surface area (Å²) in [7, 11) is 0. The van der Waals surface area contributed by atoms with Gasteiger partial charge in [0.15, 0.2) is 0 Å². The second-order valence-electron chi connectivity index (χ2n) is 6.73. The van der Waals surface area contributed by atoms with Gasteiger partial charge in [0.05, 0.1) is 0 Å². The Hall–Kier alpha value is -0.530. The minimum Gasteiger partial charge on any atom is -0.459 e. The first-order chi connectivity index (χ1) is 10.2. The molecular weight excluding hydrogens is 339 g/mol. The molecule has 0 radical (unpaired) electrons. The summed E-state index contributed by atoms with van der Waals surface area (Å²) in [6.45, 7) is 8.89. The topological polar surface area (TPSA) is 26.3 Å². The summed E-state index contributed by atoms with van der Waals surface area (Å²) in [6.07, 6.45) is -6.80. The zero-order valence-electron chi connectivity index (χ0n) is 14.1. The number of carbonyl (C=O) groups is 1. The minimum atomic E-state index is -5.50. The molecule has 0 aliphatic heterocycles. The zero-order chi connectivity index (χ0) is 18.5. The largest absolute Gasteiger partial charge is 0.459 e. The normalized spacial score (nSPS) is 14.9. The number of alkyl halides is 5. The molecule has 138 valence electrons. The van der Waals surface area contributed by atoms with E-state index in [-0.39, 0.29) is 18.8 Å². The van der Waals surface area contributed by atoms with Crippen molar-refractivity contribution in [1.82, 2.24) is 0 Å². The van der Waals surface area contributed by atoms with Gasteiger partial charge in [-0.3, -0.25) is 4.79 Å². The van der Waals surface area contributed by atoms with Gasteiger partial charge in [-0.15, -0.1) is 11.8 Å². The molecule has 0 saturated carbocycles. The fourth-order valence-corrected chi connectivity index (χ4v) is 2.89. The minimum absolute atomic E-state index is 0.0218. The summed E-state index contributed by atoms with van der Waals surface area (Å²) in [5.74, 6) is -4.74. The number of halogens is 5. The van der Waals surface area contributed by atoms with Crippen molar-refractivity contribution in [3.63, 3.8) is 0 Å². The number of ether oxygens (including phenoxy) is 1. The standard InChI is InChI=1S/C15H25F5O2S/c1-10(2)11(12(21)22-13(3,4)5)23-9-7-6-8-14(16,17)15(18,19)20/h10-11H,6-9H2,1-5H3. The smallest absolute Gasteiger partial charge is 0.453 e. The van der Waals surface area contributed by atoms with E-state index < -0.39 is 35.3 Å². The molecule has 0 fully saturated rings. The van der Waals surface area contributed by atoms with Crippen LogP contribution in [0.2, 0.25) is 0 Å². The Morgan fingerprint density at radius 3 is 1.96 bits per heavy atom. The fourth-order valence-electron chi connectivity index (χ4n) is 1.69. The van der Waals surface area contributed by atoms with E-state index in [2.05, 4.69) is 0 Å². The fraction of sp³-hybridized carbons (Fsp3) is 0.933. The van der Waals surface area contributed by atoms with E-state index in [4.69, 9.17) is 4.74 Å². The van der Waals surface area contributed by atoms with E-state index >= 15 is 0 Å². The molecule has 0 aromatic carbocycles. The van der Waals surface area contributed by atoms with Gasteiger partial charge in [-0.05, 0) is 45.3 Å².